The van der Waals surface area contributed by atoms with E-state index >= 15 is 0 Å². The van der Waals surface area contributed by atoms with Crippen LogP contribution in [0.15, 0.2) is 51.8 Å². The predicted octanol–water partition coefficient (Wildman–Crippen LogP) is 3.90. The lowest BCUT2D eigenvalue weighted by atomic mass is 10.2. The number of piperazine rings is 1. The highest BCUT2D eigenvalue weighted by atomic mass is 79.9. The second-order valence-corrected chi connectivity index (χ2v) is 9.45. The van der Waals surface area contributed by atoms with Crippen LogP contribution in [0.4, 0.5) is 0 Å². The molecule has 1 aliphatic rings. The molecular weight excluding hydrogens is 463 g/mol. The molecule has 0 unspecified atom stereocenters. The normalized spacial score (nSPS) is 15.9. The number of nitrogens with zero attached hydrogens (tertiary/aromatic N) is 2. The third-order valence-corrected chi connectivity index (χ3v) is 7.25. The summed E-state index contributed by atoms with van der Waals surface area (Å²) in [4.78, 5) is 14.3. The molecule has 2 aromatic carbocycles. The summed E-state index contributed by atoms with van der Waals surface area (Å²) >= 11 is 15.1. The maximum Gasteiger partial charge on any atom is 0.253 e. The minimum Gasteiger partial charge on any atom is -0.336 e. The third-order valence-electron chi connectivity index (χ3n) is 4.13. The van der Waals surface area contributed by atoms with Crippen molar-refractivity contribution < 1.29 is 13.2 Å². The van der Waals surface area contributed by atoms with Crippen LogP contribution in [0, 0.1) is 0 Å². The van der Waals surface area contributed by atoms with Crippen molar-refractivity contribution >= 4 is 55.1 Å². The first kappa shape index (κ1) is 19.6. The van der Waals surface area contributed by atoms with Crippen LogP contribution in [-0.4, -0.2) is 49.7 Å². The largest absolute Gasteiger partial charge is 0.336 e. The van der Waals surface area contributed by atoms with Crippen molar-refractivity contribution in [2.45, 2.75) is 4.90 Å². The topological polar surface area (TPSA) is 57.7 Å². The summed E-state index contributed by atoms with van der Waals surface area (Å²) in [6, 6.07) is 11.4. The van der Waals surface area contributed by atoms with Gasteiger partial charge < -0.3 is 4.90 Å². The molecule has 0 aliphatic carbocycles. The van der Waals surface area contributed by atoms with Gasteiger partial charge in [-0.05, 0) is 36.4 Å². The zero-order valence-electron chi connectivity index (χ0n) is 13.5. The van der Waals surface area contributed by atoms with Crippen LogP contribution in [0.1, 0.15) is 10.4 Å². The number of carbonyl (C=O) groups excluding carboxylic acids is 1. The molecule has 1 aliphatic heterocycles. The maximum atomic E-state index is 12.8. The first-order valence-electron chi connectivity index (χ1n) is 7.79. The van der Waals surface area contributed by atoms with E-state index in [9.17, 15) is 13.2 Å². The summed E-state index contributed by atoms with van der Waals surface area (Å²) in [6.45, 7) is 1.10. The fourth-order valence-corrected chi connectivity index (χ4v) is 4.93. The van der Waals surface area contributed by atoms with Gasteiger partial charge in [0.2, 0.25) is 10.0 Å². The first-order valence-corrected chi connectivity index (χ1v) is 10.8. The average Bonchev–Trinajstić information content (AvgIpc) is 2.63. The average molecular weight is 478 g/mol. The van der Waals surface area contributed by atoms with Crippen molar-refractivity contribution in [3.05, 3.63) is 62.5 Å². The van der Waals surface area contributed by atoms with Crippen LogP contribution < -0.4 is 0 Å². The Labute approximate surface area is 170 Å². The molecule has 138 valence electrons. The van der Waals surface area contributed by atoms with Crippen LogP contribution in [0.2, 0.25) is 10.0 Å². The smallest absolute Gasteiger partial charge is 0.253 e. The lowest BCUT2D eigenvalue weighted by Crippen LogP contribution is -2.50. The summed E-state index contributed by atoms with van der Waals surface area (Å²) in [6.07, 6.45) is 0. The maximum absolute atomic E-state index is 12.8. The fourth-order valence-electron chi connectivity index (χ4n) is 2.72. The van der Waals surface area contributed by atoms with Gasteiger partial charge in [0.25, 0.3) is 5.91 Å². The molecule has 0 atom stereocenters. The van der Waals surface area contributed by atoms with Crippen LogP contribution >= 0.6 is 39.1 Å². The lowest BCUT2D eigenvalue weighted by Gasteiger charge is -2.34. The van der Waals surface area contributed by atoms with E-state index in [1.54, 1.807) is 23.1 Å². The van der Waals surface area contributed by atoms with E-state index in [0.717, 1.165) is 4.47 Å². The molecule has 1 saturated heterocycles. The number of halogens is 3. The molecule has 1 amide bonds. The Morgan fingerprint density at radius 1 is 0.962 bits per heavy atom. The van der Waals surface area contributed by atoms with Crippen molar-refractivity contribution in [1.29, 1.82) is 0 Å². The first-order chi connectivity index (χ1) is 12.3. The van der Waals surface area contributed by atoms with Gasteiger partial charge in [0.05, 0.1) is 14.9 Å². The molecule has 0 radical (unpaired) electrons. The molecule has 26 heavy (non-hydrogen) atoms. The highest BCUT2D eigenvalue weighted by Crippen LogP contribution is 2.27. The summed E-state index contributed by atoms with van der Waals surface area (Å²) in [7, 11) is -3.68. The van der Waals surface area contributed by atoms with Crippen LogP contribution in [0.5, 0.6) is 0 Å². The number of benzene rings is 2. The highest BCUT2D eigenvalue weighted by Gasteiger charge is 2.30. The Morgan fingerprint density at radius 3 is 2.27 bits per heavy atom. The van der Waals surface area contributed by atoms with E-state index in [1.165, 1.54) is 22.5 Å². The number of hydrogen-bond donors (Lipinski definition) is 0. The van der Waals surface area contributed by atoms with Gasteiger partial charge in [-0.2, -0.15) is 4.31 Å². The zero-order chi connectivity index (χ0) is 18.9. The quantitative estimate of drug-likeness (QED) is 0.673. The number of rotatable bonds is 3. The van der Waals surface area contributed by atoms with E-state index in [2.05, 4.69) is 15.9 Å². The standard InChI is InChI=1S/C17H15BrCl2N2O3S/c18-13-3-1-2-12(10-13)17(23)21-6-8-22(9-7-21)26(24,25)14-4-5-15(19)16(20)11-14/h1-5,10-11H,6-9H2. The fraction of sp³-hybridized carbons (Fsp3) is 0.235. The molecule has 0 aromatic heterocycles. The van der Waals surface area contributed by atoms with Crippen molar-refractivity contribution in [3.8, 4) is 0 Å². The van der Waals surface area contributed by atoms with Gasteiger partial charge in [0.1, 0.15) is 0 Å². The second kappa shape index (κ2) is 7.86. The van der Waals surface area contributed by atoms with Gasteiger partial charge >= 0.3 is 0 Å². The van der Waals surface area contributed by atoms with E-state index in [1.807, 2.05) is 6.07 Å². The van der Waals surface area contributed by atoms with E-state index < -0.39 is 10.0 Å². The lowest BCUT2D eigenvalue weighted by molar-refractivity contribution is 0.0698. The molecule has 0 spiro atoms. The molecule has 5 nitrogen and oxygen atoms in total. The molecule has 3 rings (SSSR count). The molecular formula is C17H15BrCl2N2O3S. The van der Waals surface area contributed by atoms with E-state index in [0.29, 0.717) is 23.7 Å². The molecule has 2 aromatic rings. The minimum absolute atomic E-state index is 0.0960. The zero-order valence-corrected chi connectivity index (χ0v) is 17.4. The van der Waals surface area contributed by atoms with Gasteiger partial charge in [0, 0.05) is 36.2 Å². The van der Waals surface area contributed by atoms with Crippen LogP contribution in [0.3, 0.4) is 0 Å². The SMILES string of the molecule is O=C(c1cccc(Br)c1)N1CCN(S(=O)(=O)c2ccc(Cl)c(Cl)c2)CC1. The molecule has 0 N–H and O–H groups in total. The number of amides is 1. The molecule has 9 heteroatoms. The van der Waals surface area contributed by atoms with Gasteiger partial charge in [-0.3, -0.25) is 4.79 Å². The summed E-state index contributed by atoms with van der Waals surface area (Å²) in [5, 5.41) is 0.492. The van der Waals surface area contributed by atoms with Crippen molar-refractivity contribution in [3.63, 3.8) is 0 Å². The number of carbonyl (C=O) groups is 1. The van der Waals surface area contributed by atoms with Crippen molar-refractivity contribution in [2.75, 3.05) is 26.2 Å². The van der Waals surface area contributed by atoms with Gasteiger partial charge in [0.15, 0.2) is 0 Å². The molecule has 1 heterocycles. The monoisotopic (exact) mass is 476 g/mol. The highest BCUT2D eigenvalue weighted by molar-refractivity contribution is 9.10. The Bertz CT molecular complexity index is 945. The van der Waals surface area contributed by atoms with Gasteiger partial charge in [-0.25, -0.2) is 8.42 Å². The van der Waals surface area contributed by atoms with Crippen molar-refractivity contribution in [1.82, 2.24) is 9.21 Å². The Balaban J connectivity index is 1.71. The van der Waals surface area contributed by atoms with Gasteiger partial charge in [-0.15, -0.1) is 0 Å². The summed E-state index contributed by atoms with van der Waals surface area (Å²) in [5.74, 6) is -0.113. The van der Waals surface area contributed by atoms with Crippen LogP contribution in [0.25, 0.3) is 0 Å². The Hall–Kier alpha value is -1.12. The predicted molar refractivity (Wildman–Crippen MR) is 105 cm³/mol. The molecule has 0 saturated carbocycles. The van der Waals surface area contributed by atoms with Crippen LogP contribution in [-0.2, 0) is 10.0 Å². The second-order valence-electron chi connectivity index (χ2n) is 5.78. The molecule has 1 fully saturated rings. The Kier molecular flexibility index (Phi) is 5.94. The number of sulfonamides is 1. The van der Waals surface area contributed by atoms with Crippen molar-refractivity contribution in [2.24, 2.45) is 0 Å². The summed E-state index contributed by atoms with van der Waals surface area (Å²) in [5.41, 5.74) is 0.570. The number of hydrogen-bond acceptors (Lipinski definition) is 3. The molecule has 0 bridgehead atoms. The van der Waals surface area contributed by atoms with E-state index in [4.69, 9.17) is 23.2 Å². The van der Waals surface area contributed by atoms with Gasteiger partial charge in [-0.1, -0.05) is 45.2 Å². The summed E-state index contributed by atoms with van der Waals surface area (Å²) < 4.78 is 27.7. The Morgan fingerprint density at radius 2 is 1.65 bits per heavy atom. The van der Waals surface area contributed by atoms with E-state index in [-0.39, 0.29) is 28.9 Å². The third kappa shape index (κ3) is 4.07. The minimum atomic E-state index is -3.68.